The van der Waals surface area contributed by atoms with E-state index in [1.54, 1.807) is 0 Å². The average Bonchev–Trinajstić information content (AvgIpc) is 2.66. The zero-order chi connectivity index (χ0) is 18.0. The zero-order valence-electron chi connectivity index (χ0n) is 15.4. The summed E-state index contributed by atoms with van der Waals surface area (Å²) >= 11 is 0. The standard InChI is InChI=1S/C20H29FN4O/c21-17-2-4-18(5-3-17)24-9-11-25(12-10-24)19(22)23-15-16-6-13-26-20(14-16)7-1-8-20/h2-5,16H,1,6-15H2,(H2,22,23). The van der Waals surface area contributed by atoms with Gasteiger partial charge in [-0.3, -0.25) is 4.99 Å². The summed E-state index contributed by atoms with van der Waals surface area (Å²) in [6.07, 6.45) is 5.97. The van der Waals surface area contributed by atoms with Gasteiger partial charge in [-0.25, -0.2) is 4.39 Å². The van der Waals surface area contributed by atoms with Crippen LogP contribution in [0, 0.1) is 11.7 Å². The molecular weight excluding hydrogens is 331 g/mol. The van der Waals surface area contributed by atoms with Gasteiger partial charge in [0.2, 0.25) is 0 Å². The van der Waals surface area contributed by atoms with Crippen molar-refractivity contribution in [2.24, 2.45) is 16.6 Å². The van der Waals surface area contributed by atoms with Gasteiger partial charge in [0.25, 0.3) is 0 Å². The average molecular weight is 360 g/mol. The Morgan fingerprint density at radius 2 is 1.92 bits per heavy atom. The summed E-state index contributed by atoms with van der Waals surface area (Å²) in [5.41, 5.74) is 7.50. The van der Waals surface area contributed by atoms with Gasteiger partial charge in [-0.2, -0.15) is 0 Å². The van der Waals surface area contributed by atoms with Crippen LogP contribution in [-0.4, -0.2) is 55.8 Å². The van der Waals surface area contributed by atoms with E-state index in [0.29, 0.717) is 11.9 Å². The second-order valence-corrected chi connectivity index (χ2v) is 7.89. The number of aliphatic imine (C=N–C) groups is 1. The monoisotopic (exact) mass is 360 g/mol. The van der Waals surface area contributed by atoms with E-state index in [4.69, 9.17) is 15.5 Å². The third kappa shape index (κ3) is 3.80. The van der Waals surface area contributed by atoms with Crippen molar-refractivity contribution in [1.82, 2.24) is 4.90 Å². The number of guanidine groups is 1. The number of nitrogens with zero attached hydrogens (tertiary/aromatic N) is 3. The van der Waals surface area contributed by atoms with Gasteiger partial charge < -0.3 is 20.3 Å². The molecule has 6 heteroatoms. The number of anilines is 1. The Hall–Kier alpha value is -1.82. The molecule has 2 heterocycles. The molecule has 2 saturated heterocycles. The molecule has 1 aromatic rings. The minimum Gasteiger partial charge on any atom is -0.375 e. The fraction of sp³-hybridized carbons (Fsp3) is 0.650. The summed E-state index contributed by atoms with van der Waals surface area (Å²) in [6.45, 7) is 5.14. The van der Waals surface area contributed by atoms with Gasteiger partial charge in [-0.15, -0.1) is 0 Å². The second-order valence-electron chi connectivity index (χ2n) is 7.89. The van der Waals surface area contributed by atoms with E-state index < -0.39 is 0 Å². The van der Waals surface area contributed by atoms with Gasteiger partial charge in [-0.1, -0.05) is 0 Å². The zero-order valence-corrected chi connectivity index (χ0v) is 15.4. The Bertz CT molecular complexity index is 636. The van der Waals surface area contributed by atoms with Crippen molar-refractivity contribution in [2.75, 3.05) is 44.2 Å². The van der Waals surface area contributed by atoms with E-state index in [1.165, 1.54) is 31.4 Å². The lowest BCUT2D eigenvalue weighted by atomic mass is 9.72. The second kappa shape index (κ2) is 7.43. The number of hydrogen-bond acceptors (Lipinski definition) is 3. The van der Waals surface area contributed by atoms with E-state index in [9.17, 15) is 4.39 Å². The maximum atomic E-state index is 13.1. The van der Waals surface area contributed by atoms with Crippen LogP contribution >= 0.6 is 0 Å². The van der Waals surface area contributed by atoms with Gasteiger partial charge in [0, 0.05) is 45.0 Å². The van der Waals surface area contributed by atoms with Crippen LogP contribution in [0.15, 0.2) is 29.3 Å². The van der Waals surface area contributed by atoms with Crippen LogP contribution in [-0.2, 0) is 4.74 Å². The third-order valence-corrected chi connectivity index (χ3v) is 6.17. The van der Waals surface area contributed by atoms with Crippen LogP contribution in [0.3, 0.4) is 0 Å². The van der Waals surface area contributed by atoms with Gasteiger partial charge >= 0.3 is 0 Å². The Morgan fingerprint density at radius 3 is 2.58 bits per heavy atom. The maximum Gasteiger partial charge on any atom is 0.191 e. The number of hydrogen-bond donors (Lipinski definition) is 1. The van der Waals surface area contributed by atoms with Crippen LogP contribution in [0.2, 0.25) is 0 Å². The van der Waals surface area contributed by atoms with E-state index in [1.807, 2.05) is 12.1 Å². The topological polar surface area (TPSA) is 54.1 Å². The molecular formula is C20H29FN4O. The summed E-state index contributed by atoms with van der Waals surface area (Å²) in [6, 6.07) is 6.70. The van der Waals surface area contributed by atoms with E-state index in [-0.39, 0.29) is 11.4 Å². The first kappa shape index (κ1) is 17.6. The largest absolute Gasteiger partial charge is 0.375 e. The number of piperazine rings is 1. The van der Waals surface area contributed by atoms with Gasteiger partial charge in [0.1, 0.15) is 5.82 Å². The van der Waals surface area contributed by atoms with Crippen LogP contribution in [0.25, 0.3) is 0 Å². The molecule has 2 aliphatic heterocycles. The molecule has 5 nitrogen and oxygen atoms in total. The van der Waals surface area contributed by atoms with Crippen molar-refractivity contribution in [3.05, 3.63) is 30.1 Å². The van der Waals surface area contributed by atoms with Crippen molar-refractivity contribution in [3.8, 4) is 0 Å². The fourth-order valence-electron chi connectivity index (χ4n) is 4.37. The van der Waals surface area contributed by atoms with E-state index in [2.05, 4.69) is 9.80 Å². The summed E-state index contributed by atoms with van der Waals surface area (Å²) in [5, 5.41) is 0. The fourth-order valence-corrected chi connectivity index (χ4v) is 4.37. The molecule has 2 N–H and O–H groups in total. The number of halogens is 1. The molecule has 0 aromatic heterocycles. The van der Waals surface area contributed by atoms with Crippen molar-refractivity contribution < 1.29 is 9.13 Å². The first-order chi connectivity index (χ1) is 12.6. The number of ether oxygens (including phenoxy) is 1. The van der Waals surface area contributed by atoms with Crippen molar-refractivity contribution in [3.63, 3.8) is 0 Å². The minimum atomic E-state index is -0.194. The quantitative estimate of drug-likeness (QED) is 0.665. The van der Waals surface area contributed by atoms with Crippen LogP contribution in [0.5, 0.6) is 0 Å². The first-order valence-electron chi connectivity index (χ1n) is 9.83. The first-order valence-corrected chi connectivity index (χ1v) is 9.83. The SMILES string of the molecule is NC(=NCC1CCOC2(CCC2)C1)N1CCN(c2ccc(F)cc2)CC1. The van der Waals surface area contributed by atoms with E-state index >= 15 is 0 Å². The van der Waals surface area contributed by atoms with Gasteiger partial charge in [0.05, 0.1) is 5.60 Å². The molecule has 1 saturated carbocycles. The molecule has 26 heavy (non-hydrogen) atoms. The van der Waals surface area contributed by atoms with Crippen molar-refractivity contribution in [1.29, 1.82) is 0 Å². The normalized spacial score (nSPS) is 26.0. The van der Waals surface area contributed by atoms with Crippen LogP contribution < -0.4 is 10.6 Å². The predicted molar refractivity (Wildman–Crippen MR) is 102 cm³/mol. The smallest absolute Gasteiger partial charge is 0.191 e. The molecule has 142 valence electrons. The molecule has 1 spiro atoms. The Kier molecular flexibility index (Phi) is 5.02. The third-order valence-electron chi connectivity index (χ3n) is 6.17. The molecule has 3 fully saturated rings. The van der Waals surface area contributed by atoms with Crippen molar-refractivity contribution in [2.45, 2.75) is 37.7 Å². The molecule has 1 aliphatic carbocycles. The predicted octanol–water partition coefficient (Wildman–Crippen LogP) is 2.61. The summed E-state index contributed by atoms with van der Waals surface area (Å²) in [5.74, 6) is 1.07. The van der Waals surface area contributed by atoms with Gasteiger partial charge in [-0.05, 0) is 62.3 Å². The summed E-state index contributed by atoms with van der Waals surface area (Å²) < 4.78 is 19.1. The lowest BCUT2D eigenvalue weighted by Crippen LogP contribution is -2.51. The summed E-state index contributed by atoms with van der Waals surface area (Å²) in [7, 11) is 0. The highest BCUT2D eigenvalue weighted by Gasteiger charge is 2.42. The molecule has 0 bridgehead atoms. The molecule has 1 aromatic carbocycles. The lowest BCUT2D eigenvalue weighted by Gasteiger charge is -2.47. The van der Waals surface area contributed by atoms with Crippen LogP contribution in [0.1, 0.15) is 32.1 Å². The van der Waals surface area contributed by atoms with E-state index in [0.717, 1.165) is 57.9 Å². The maximum absolute atomic E-state index is 13.1. The Labute approximate surface area is 155 Å². The minimum absolute atomic E-state index is 0.175. The molecule has 1 unspecified atom stereocenters. The molecule has 0 amide bonds. The highest BCUT2D eigenvalue weighted by Crippen LogP contribution is 2.44. The number of rotatable bonds is 3. The molecule has 3 aliphatic rings. The molecule has 0 radical (unpaired) electrons. The Morgan fingerprint density at radius 1 is 1.19 bits per heavy atom. The molecule has 1 atom stereocenters. The van der Waals surface area contributed by atoms with Gasteiger partial charge in [0.15, 0.2) is 5.96 Å². The van der Waals surface area contributed by atoms with Crippen LogP contribution in [0.4, 0.5) is 10.1 Å². The summed E-state index contributed by atoms with van der Waals surface area (Å²) in [4.78, 5) is 9.13. The highest BCUT2D eigenvalue weighted by atomic mass is 19.1. The van der Waals surface area contributed by atoms with Crippen molar-refractivity contribution >= 4 is 11.6 Å². The number of benzene rings is 1. The number of nitrogens with two attached hydrogens (primary N) is 1. The molecule has 4 rings (SSSR count). The Balaban J connectivity index is 1.27. The lowest BCUT2D eigenvalue weighted by molar-refractivity contribution is -0.141. The highest BCUT2D eigenvalue weighted by molar-refractivity contribution is 5.78.